The molecule has 0 heterocycles. The molecule has 0 aromatic heterocycles. The van der Waals surface area contributed by atoms with Crippen LogP contribution in [0.2, 0.25) is 0 Å². The molecule has 0 saturated carbocycles. The number of hydrazine groups is 1. The average molecular weight is 168 g/mol. The highest BCUT2D eigenvalue weighted by Gasteiger charge is 1.99. The van der Waals surface area contributed by atoms with Gasteiger partial charge in [0.1, 0.15) is 11.5 Å². The number of nitrogens with two attached hydrogens (primary N) is 1. The zero-order valence-electron chi connectivity index (χ0n) is 7.13. The van der Waals surface area contributed by atoms with E-state index in [1.54, 1.807) is 32.4 Å². The molecule has 0 spiro atoms. The largest absolute Gasteiger partial charge is 0.497 e. The smallest absolute Gasteiger partial charge is 0.124 e. The Balaban J connectivity index is 3.01. The third-order valence-electron chi connectivity index (χ3n) is 1.52. The lowest BCUT2D eigenvalue weighted by molar-refractivity contribution is 0.394. The van der Waals surface area contributed by atoms with Crippen LogP contribution in [-0.4, -0.2) is 14.2 Å². The van der Waals surface area contributed by atoms with Crippen LogP contribution in [0.4, 0.5) is 5.69 Å². The number of nitrogens with one attached hydrogen (secondary N) is 1. The lowest BCUT2D eigenvalue weighted by atomic mass is 10.3. The Labute approximate surface area is 71.2 Å². The van der Waals surface area contributed by atoms with Gasteiger partial charge in [-0.3, -0.25) is 5.84 Å². The molecule has 1 aromatic rings. The highest BCUT2D eigenvalue weighted by molar-refractivity contribution is 5.52. The topological polar surface area (TPSA) is 56.5 Å². The van der Waals surface area contributed by atoms with Crippen LogP contribution in [-0.2, 0) is 0 Å². The van der Waals surface area contributed by atoms with Crippen LogP contribution in [0.3, 0.4) is 0 Å². The highest BCUT2D eigenvalue weighted by atomic mass is 16.5. The molecular formula is C8H12N2O2. The monoisotopic (exact) mass is 168 g/mol. The van der Waals surface area contributed by atoms with Crippen molar-refractivity contribution in [3.05, 3.63) is 18.2 Å². The van der Waals surface area contributed by atoms with Crippen LogP contribution in [0.25, 0.3) is 0 Å². The highest BCUT2D eigenvalue weighted by Crippen LogP contribution is 2.24. The van der Waals surface area contributed by atoms with E-state index in [0.29, 0.717) is 11.5 Å². The Morgan fingerprint density at radius 2 is 1.58 bits per heavy atom. The first kappa shape index (κ1) is 8.67. The van der Waals surface area contributed by atoms with Crippen molar-refractivity contribution in [3.63, 3.8) is 0 Å². The van der Waals surface area contributed by atoms with Crippen LogP contribution >= 0.6 is 0 Å². The van der Waals surface area contributed by atoms with E-state index in [1.165, 1.54) is 0 Å². The molecule has 4 nitrogen and oxygen atoms in total. The quantitative estimate of drug-likeness (QED) is 0.522. The lowest BCUT2D eigenvalue weighted by Gasteiger charge is -2.07. The van der Waals surface area contributed by atoms with Crippen molar-refractivity contribution in [2.24, 2.45) is 5.84 Å². The van der Waals surface area contributed by atoms with Gasteiger partial charge in [-0.15, -0.1) is 0 Å². The van der Waals surface area contributed by atoms with Crippen molar-refractivity contribution in [1.29, 1.82) is 0 Å². The number of nitrogen functional groups attached to an aromatic ring is 1. The number of methoxy groups -OCH3 is 2. The van der Waals surface area contributed by atoms with Crippen LogP contribution in [0.5, 0.6) is 11.5 Å². The molecule has 0 bridgehead atoms. The summed E-state index contributed by atoms with van der Waals surface area (Å²) >= 11 is 0. The Morgan fingerprint density at radius 3 is 1.92 bits per heavy atom. The summed E-state index contributed by atoms with van der Waals surface area (Å²) in [4.78, 5) is 0. The minimum absolute atomic E-state index is 0.710. The van der Waals surface area contributed by atoms with Crippen LogP contribution in [0.15, 0.2) is 18.2 Å². The summed E-state index contributed by atoms with van der Waals surface area (Å²) in [6, 6.07) is 5.34. The summed E-state index contributed by atoms with van der Waals surface area (Å²) in [5.74, 6) is 6.66. The van der Waals surface area contributed by atoms with E-state index in [4.69, 9.17) is 15.3 Å². The summed E-state index contributed by atoms with van der Waals surface area (Å²) in [5.41, 5.74) is 3.27. The maximum Gasteiger partial charge on any atom is 0.124 e. The molecule has 0 aliphatic heterocycles. The number of hydrogen-bond acceptors (Lipinski definition) is 4. The van der Waals surface area contributed by atoms with Crippen LogP contribution in [0.1, 0.15) is 0 Å². The van der Waals surface area contributed by atoms with Crippen molar-refractivity contribution in [1.82, 2.24) is 0 Å². The Kier molecular flexibility index (Phi) is 2.76. The molecule has 0 aliphatic rings. The molecular weight excluding hydrogens is 156 g/mol. The predicted octanol–water partition coefficient (Wildman–Crippen LogP) is 0.989. The van der Waals surface area contributed by atoms with Gasteiger partial charge in [-0.25, -0.2) is 0 Å². The van der Waals surface area contributed by atoms with Crippen molar-refractivity contribution in [2.45, 2.75) is 0 Å². The van der Waals surface area contributed by atoms with Gasteiger partial charge in [0, 0.05) is 18.2 Å². The standard InChI is InChI=1S/C8H12N2O2/c1-11-7-3-6(10-9)4-8(5-7)12-2/h3-5,10H,9H2,1-2H3. The van der Waals surface area contributed by atoms with Gasteiger partial charge in [0.25, 0.3) is 0 Å². The van der Waals surface area contributed by atoms with E-state index >= 15 is 0 Å². The minimum atomic E-state index is 0.710. The number of hydrogen-bond donors (Lipinski definition) is 2. The third kappa shape index (κ3) is 1.79. The fourth-order valence-corrected chi connectivity index (χ4v) is 0.891. The van der Waals surface area contributed by atoms with Gasteiger partial charge in [0.05, 0.1) is 19.9 Å². The van der Waals surface area contributed by atoms with Gasteiger partial charge in [-0.2, -0.15) is 0 Å². The number of benzene rings is 1. The molecule has 0 radical (unpaired) electrons. The van der Waals surface area contributed by atoms with E-state index < -0.39 is 0 Å². The summed E-state index contributed by atoms with van der Waals surface area (Å²) in [7, 11) is 3.18. The van der Waals surface area contributed by atoms with Crippen molar-refractivity contribution >= 4 is 5.69 Å². The van der Waals surface area contributed by atoms with E-state index in [2.05, 4.69) is 5.43 Å². The SMILES string of the molecule is COc1cc(NN)cc(OC)c1. The average Bonchev–Trinajstić information content (AvgIpc) is 2.16. The predicted molar refractivity (Wildman–Crippen MR) is 47.4 cm³/mol. The third-order valence-corrected chi connectivity index (χ3v) is 1.52. The van der Waals surface area contributed by atoms with E-state index in [1.807, 2.05) is 0 Å². The van der Waals surface area contributed by atoms with E-state index in [0.717, 1.165) is 5.69 Å². The molecule has 3 N–H and O–H groups in total. The first-order chi connectivity index (χ1) is 5.80. The number of anilines is 1. The molecule has 0 unspecified atom stereocenters. The van der Waals surface area contributed by atoms with E-state index in [-0.39, 0.29) is 0 Å². The fraction of sp³-hybridized carbons (Fsp3) is 0.250. The molecule has 0 amide bonds. The Hall–Kier alpha value is -1.42. The summed E-state index contributed by atoms with van der Waals surface area (Å²) in [6.45, 7) is 0. The normalized spacial score (nSPS) is 9.25. The van der Waals surface area contributed by atoms with Gasteiger partial charge >= 0.3 is 0 Å². The van der Waals surface area contributed by atoms with Gasteiger partial charge in [0.15, 0.2) is 0 Å². The molecule has 1 rings (SSSR count). The van der Waals surface area contributed by atoms with Crippen molar-refractivity contribution in [2.75, 3.05) is 19.6 Å². The van der Waals surface area contributed by atoms with Crippen LogP contribution in [0, 0.1) is 0 Å². The van der Waals surface area contributed by atoms with Gasteiger partial charge in [-0.05, 0) is 0 Å². The lowest BCUT2D eigenvalue weighted by Crippen LogP contribution is -2.06. The molecule has 0 fully saturated rings. The van der Waals surface area contributed by atoms with Crippen molar-refractivity contribution in [3.8, 4) is 11.5 Å². The Bertz CT molecular complexity index is 208. The van der Waals surface area contributed by atoms with Crippen LogP contribution < -0.4 is 20.7 Å². The molecule has 0 saturated heterocycles. The molecule has 0 atom stereocenters. The van der Waals surface area contributed by atoms with Gasteiger partial charge in [-0.1, -0.05) is 0 Å². The summed E-state index contributed by atoms with van der Waals surface area (Å²) in [5, 5.41) is 0. The summed E-state index contributed by atoms with van der Waals surface area (Å²) in [6.07, 6.45) is 0. The van der Waals surface area contributed by atoms with Gasteiger partial charge < -0.3 is 14.9 Å². The Morgan fingerprint density at radius 1 is 1.08 bits per heavy atom. The van der Waals surface area contributed by atoms with E-state index in [9.17, 15) is 0 Å². The fourth-order valence-electron chi connectivity index (χ4n) is 0.891. The molecule has 4 heteroatoms. The van der Waals surface area contributed by atoms with Gasteiger partial charge in [0.2, 0.25) is 0 Å². The maximum absolute atomic E-state index is 5.24. The zero-order valence-corrected chi connectivity index (χ0v) is 7.13. The second kappa shape index (κ2) is 3.82. The molecule has 0 aliphatic carbocycles. The molecule has 66 valence electrons. The van der Waals surface area contributed by atoms with Crippen molar-refractivity contribution < 1.29 is 9.47 Å². The number of rotatable bonds is 3. The molecule has 1 aromatic carbocycles. The zero-order chi connectivity index (χ0) is 8.97. The maximum atomic E-state index is 5.24. The molecule has 12 heavy (non-hydrogen) atoms. The summed E-state index contributed by atoms with van der Waals surface area (Å²) < 4.78 is 10.0. The number of ether oxygens (including phenoxy) is 2. The first-order valence-corrected chi connectivity index (χ1v) is 3.50. The first-order valence-electron chi connectivity index (χ1n) is 3.50. The second-order valence-corrected chi connectivity index (χ2v) is 2.25. The minimum Gasteiger partial charge on any atom is -0.497 e. The second-order valence-electron chi connectivity index (χ2n) is 2.25.